The first-order valence-corrected chi connectivity index (χ1v) is 7.19. The van der Waals surface area contributed by atoms with Crippen molar-refractivity contribution in [3.63, 3.8) is 0 Å². The number of benzene rings is 1. The molecule has 2 aromatic rings. The molecule has 0 N–H and O–H groups in total. The molecule has 1 nitrogen and oxygen atoms in total. The Morgan fingerprint density at radius 1 is 0.818 bits per heavy atom. The van der Waals surface area contributed by atoms with Crippen LogP contribution in [0.4, 0.5) is 17.6 Å². The predicted octanol–water partition coefficient (Wildman–Crippen LogP) is 7.17. The van der Waals surface area contributed by atoms with Crippen molar-refractivity contribution in [2.24, 2.45) is 0 Å². The standard InChI is InChI=1S/C12H2Cl5F4N/c13-5-4(6(14)8(16)9(17)7(5)15)11-10(18)3(1-2-22-11)12(19,20)21/h1-2H. The zero-order valence-electron chi connectivity index (χ0n) is 10.0. The quantitative estimate of drug-likeness (QED) is 0.274. The van der Waals surface area contributed by atoms with Crippen LogP contribution in [0.15, 0.2) is 12.3 Å². The van der Waals surface area contributed by atoms with Crippen molar-refractivity contribution in [1.29, 1.82) is 0 Å². The Kier molecular flexibility index (Phi) is 5.05. The number of pyridine rings is 1. The first-order chi connectivity index (χ1) is 10.1. The molecule has 0 bridgehead atoms. The molecular formula is C12H2Cl5F4N. The van der Waals surface area contributed by atoms with Gasteiger partial charge in [-0.05, 0) is 6.07 Å². The minimum Gasteiger partial charge on any atom is -0.253 e. The highest BCUT2D eigenvalue weighted by Crippen LogP contribution is 2.48. The van der Waals surface area contributed by atoms with Crippen molar-refractivity contribution in [3.05, 3.63) is 48.8 Å². The van der Waals surface area contributed by atoms with E-state index in [2.05, 4.69) is 4.98 Å². The van der Waals surface area contributed by atoms with Crippen LogP contribution in [-0.4, -0.2) is 4.98 Å². The van der Waals surface area contributed by atoms with E-state index in [9.17, 15) is 17.6 Å². The van der Waals surface area contributed by atoms with E-state index in [1.807, 2.05) is 0 Å². The van der Waals surface area contributed by atoms with Gasteiger partial charge in [-0.2, -0.15) is 13.2 Å². The van der Waals surface area contributed by atoms with E-state index < -0.39 is 23.3 Å². The normalized spacial score (nSPS) is 11.9. The fraction of sp³-hybridized carbons (Fsp3) is 0.0833. The van der Waals surface area contributed by atoms with E-state index in [0.29, 0.717) is 6.07 Å². The van der Waals surface area contributed by atoms with Crippen molar-refractivity contribution in [2.75, 3.05) is 0 Å². The molecule has 1 heterocycles. The van der Waals surface area contributed by atoms with Gasteiger partial charge in [0.25, 0.3) is 0 Å². The molecule has 0 aliphatic heterocycles. The Labute approximate surface area is 146 Å². The van der Waals surface area contributed by atoms with Crippen molar-refractivity contribution in [2.45, 2.75) is 6.18 Å². The van der Waals surface area contributed by atoms with Gasteiger partial charge in [-0.1, -0.05) is 58.0 Å². The minimum absolute atomic E-state index is 0.200. The third kappa shape index (κ3) is 2.97. The number of rotatable bonds is 1. The molecule has 0 spiro atoms. The molecule has 1 aromatic carbocycles. The Morgan fingerprint density at radius 3 is 1.73 bits per heavy atom. The number of alkyl halides is 3. The van der Waals surface area contributed by atoms with E-state index >= 15 is 0 Å². The average Bonchev–Trinajstić information content (AvgIpc) is 2.43. The van der Waals surface area contributed by atoms with Crippen LogP contribution in [0, 0.1) is 5.82 Å². The van der Waals surface area contributed by atoms with Crippen molar-refractivity contribution in [3.8, 4) is 11.3 Å². The summed E-state index contributed by atoms with van der Waals surface area (Å²) in [4.78, 5) is 3.55. The Balaban J connectivity index is 2.85. The number of aromatic nitrogens is 1. The van der Waals surface area contributed by atoms with Gasteiger partial charge in [0.1, 0.15) is 5.69 Å². The van der Waals surface area contributed by atoms with Gasteiger partial charge in [-0.15, -0.1) is 0 Å². The van der Waals surface area contributed by atoms with Crippen LogP contribution in [-0.2, 0) is 6.18 Å². The number of nitrogens with zero attached hydrogens (tertiary/aromatic N) is 1. The molecule has 0 saturated carbocycles. The second kappa shape index (κ2) is 6.21. The smallest absolute Gasteiger partial charge is 0.253 e. The predicted molar refractivity (Wildman–Crippen MR) is 79.7 cm³/mol. The van der Waals surface area contributed by atoms with Crippen molar-refractivity contribution < 1.29 is 17.6 Å². The highest BCUT2D eigenvalue weighted by molar-refractivity contribution is 6.56. The summed E-state index contributed by atoms with van der Waals surface area (Å²) >= 11 is 29.2. The molecule has 10 heteroatoms. The molecule has 0 radical (unpaired) electrons. The van der Waals surface area contributed by atoms with Crippen LogP contribution in [0.2, 0.25) is 25.1 Å². The lowest BCUT2D eigenvalue weighted by molar-refractivity contribution is -0.140. The molecule has 0 aliphatic rings. The molecule has 0 amide bonds. The van der Waals surface area contributed by atoms with Gasteiger partial charge in [-0.3, -0.25) is 4.98 Å². The third-order valence-electron chi connectivity index (χ3n) is 2.64. The van der Waals surface area contributed by atoms with Crippen LogP contribution < -0.4 is 0 Å². The zero-order chi connectivity index (χ0) is 16.8. The monoisotopic (exact) mass is 411 g/mol. The second-order valence-electron chi connectivity index (χ2n) is 3.96. The van der Waals surface area contributed by atoms with E-state index in [1.54, 1.807) is 0 Å². The fourth-order valence-corrected chi connectivity index (χ4v) is 2.97. The van der Waals surface area contributed by atoms with Crippen LogP contribution in [0.1, 0.15) is 5.56 Å². The van der Waals surface area contributed by atoms with Gasteiger partial charge in [0.15, 0.2) is 5.82 Å². The fourth-order valence-electron chi connectivity index (χ4n) is 1.65. The maximum Gasteiger partial charge on any atom is 0.419 e. The highest BCUT2D eigenvalue weighted by atomic mass is 35.5. The summed E-state index contributed by atoms with van der Waals surface area (Å²) in [7, 11) is 0. The van der Waals surface area contributed by atoms with E-state index in [4.69, 9.17) is 58.0 Å². The third-order valence-corrected chi connectivity index (χ3v) is 4.92. The summed E-state index contributed by atoms with van der Waals surface area (Å²) in [6.45, 7) is 0. The first kappa shape index (κ1) is 17.9. The molecule has 0 atom stereocenters. The van der Waals surface area contributed by atoms with Gasteiger partial charge < -0.3 is 0 Å². The van der Waals surface area contributed by atoms with Crippen LogP contribution in [0.5, 0.6) is 0 Å². The molecular weight excluding hydrogens is 411 g/mol. The minimum atomic E-state index is -4.92. The summed E-state index contributed by atoms with van der Waals surface area (Å²) in [5, 5.41) is -1.45. The number of halogens is 9. The van der Waals surface area contributed by atoms with E-state index in [0.717, 1.165) is 6.20 Å². The van der Waals surface area contributed by atoms with E-state index in [1.165, 1.54) is 0 Å². The summed E-state index contributed by atoms with van der Waals surface area (Å²) in [5.41, 5.74) is -2.62. The maximum absolute atomic E-state index is 14.2. The van der Waals surface area contributed by atoms with Gasteiger partial charge in [0.2, 0.25) is 0 Å². The molecule has 0 aliphatic carbocycles. The van der Waals surface area contributed by atoms with Gasteiger partial charge in [-0.25, -0.2) is 4.39 Å². The second-order valence-corrected chi connectivity index (χ2v) is 5.85. The molecule has 2 rings (SSSR count). The van der Waals surface area contributed by atoms with Crippen LogP contribution in [0.25, 0.3) is 11.3 Å². The summed E-state index contributed by atoms with van der Waals surface area (Å²) < 4.78 is 52.4. The molecule has 22 heavy (non-hydrogen) atoms. The SMILES string of the molecule is Fc1c(C(F)(F)F)ccnc1-c1c(Cl)c(Cl)c(Cl)c(Cl)c1Cl. The molecule has 0 fully saturated rings. The van der Waals surface area contributed by atoms with Gasteiger partial charge in [0, 0.05) is 11.8 Å². The topological polar surface area (TPSA) is 12.9 Å². The lowest BCUT2D eigenvalue weighted by atomic mass is 10.1. The Morgan fingerprint density at radius 2 is 1.27 bits per heavy atom. The van der Waals surface area contributed by atoms with E-state index in [-0.39, 0.29) is 30.7 Å². The van der Waals surface area contributed by atoms with Crippen molar-refractivity contribution in [1.82, 2.24) is 4.98 Å². The van der Waals surface area contributed by atoms with Crippen molar-refractivity contribution >= 4 is 58.0 Å². The van der Waals surface area contributed by atoms with Gasteiger partial charge >= 0.3 is 6.18 Å². The van der Waals surface area contributed by atoms with Crippen LogP contribution >= 0.6 is 58.0 Å². The average molecular weight is 413 g/mol. The highest BCUT2D eigenvalue weighted by Gasteiger charge is 2.36. The summed E-state index contributed by atoms with van der Waals surface area (Å²) in [6.07, 6.45) is -4.15. The largest absolute Gasteiger partial charge is 0.419 e. The zero-order valence-corrected chi connectivity index (χ0v) is 13.8. The Hall–Kier alpha value is -0.460. The summed E-state index contributed by atoms with van der Waals surface area (Å²) in [6, 6.07) is 0.486. The summed E-state index contributed by atoms with van der Waals surface area (Å²) in [5.74, 6) is -1.65. The number of hydrogen-bond donors (Lipinski definition) is 0. The molecule has 118 valence electrons. The molecule has 1 aromatic heterocycles. The lowest BCUT2D eigenvalue weighted by Gasteiger charge is -2.15. The molecule has 0 unspecified atom stereocenters. The van der Waals surface area contributed by atoms with Gasteiger partial charge in [0.05, 0.1) is 30.7 Å². The first-order valence-electron chi connectivity index (χ1n) is 5.30. The molecule has 0 saturated heterocycles. The number of hydrogen-bond acceptors (Lipinski definition) is 1. The lowest BCUT2D eigenvalue weighted by Crippen LogP contribution is -2.10. The maximum atomic E-state index is 14.2. The Bertz CT molecular complexity index is 731. The van der Waals surface area contributed by atoms with Crippen LogP contribution in [0.3, 0.4) is 0 Å².